The molecule has 12 rings (SSSR count). The third-order valence-electron chi connectivity index (χ3n) is 18.2. The van der Waals surface area contributed by atoms with E-state index >= 15 is 0 Å². The molecule has 0 aromatic heterocycles. The third-order valence-corrected chi connectivity index (χ3v) is 23.7. The van der Waals surface area contributed by atoms with Crippen LogP contribution in [0.1, 0.15) is 72.3 Å². The lowest BCUT2D eigenvalue weighted by atomic mass is 10.1. The highest BCUT2D eigenvalue weighted by Crippen LogP contribution is 2.37. The Bertz CT molecular complexity index is 5260. The van der Waals surface area contributed by atoms with Gasteiger partial charge in [-0.3, -0.25) is 0 Å². The molecule has 34 heteroatoms. The largest absolute Gasteiger partial charge is 0.487 e. The van der Waals surface area contributed by atoms with Crippen LogP contribution in [0.2, 0.25) is 35.2 Å². The molecule has 12 aromatic rings. The Morgan fingerprint density at radius 1 is 0.282 bits per heavy atom. The second-order valence-electron chi connectivity index (χ2n) is 27.9. The molecular formula is C97H94BrCl7FIN6O12S6. The van der Waals surface area contributed by atoms with Crippen molar-refractivity contribution in [1.82, 2.24) is 0 Å². The van der Waals surface area contributed by atoms with Crippen LogP contribution in [0.5, 0.6) is 34.5 Å². The van der Waals surface area contributed by atoms with Gasteiger partial charge in [0.15, 0.2) is 0 Å². The van der Waals surface area contributed by atoms with Gasteiger partial charge in [-0.05, 0) is 317 Å². The van der Waals surface area contributed by atoms with Crippen molar-refractivity contribution < 1.29 is 61.2 Å². The highest BCUT2D eigenvalue weighted by molar-refractivity contribution is 14.1. The predicted molar refractivity (Wildman–Crippen MR) is 571 cm³/mol. The zero-order valence-corrected chi connectivity index (χ0v) is 87.2. The summed E-state index contributed by atoms with van der Waals surface area (Å²) in [5.74, 6) is 3.33. The van der Waals surface area contributed by atoms with Crippen LogP contribution >= 0.6 is 193 Å². The molecule has 0 atom stereocenters. The number of hydrogen-bond acceptors (Lipinski definition) is 18. The number of nitrogens with one attached hydrogen (secondary N) is 6. The topological polar surface area (TPSA) is 183 Å². The molecule has 0 unspecified atom stereocenters. The number of methoxy groups -OCH3 is 6. The first-order chi connectivity index (χ1) is 62.6. The van der Waals surface area contributed by atoms with Crippen molar-refractivity contribution in [2.24, 2.45) is 0 Å². The monoisotopic (exact) mass is 2200 g/mol. The number of thiocarbonyl (C=S) groups is 6. The number of hydrogen-bond donors (Lipinski definition) is 6. The van der Waals surface area contributed by atoms with Crippen molar-refractivity contribution in [2.45, 2.75) is 88.1 Å². The fourth-order valence-electron chi connectivity index (χ4n) is 11.3. The van der Waals surface area contributed by atoms with Crippen molar-refractivity contribution in [1.29, 1.82) is 0 Å². The van der Waals surface area contributed by atoms with Crippen molar-refractivity contribution in [3.63, 3.8) is 0 Å². The molecule has 0 amide bonds. The van der Waals surface area contributed by atoms with Crippen LogP contribution < -0.4 is 60.3 Å². The molecule has 131 heavy (non-hydrogen) atoms. The Morgan fingerprint density at radius 3 is 0.908 bits per heavy atom. The van der Waals surface area contributed by atoms with Gasteiger partial charge < -0.3 is 88.7 Å². The zero-order valence-electron chi connectivity index (χ0n) is 73.2. The fourth-order valence-corrected chi connectivity index (χ4v) is 15.0. The molecule has 0 saturated carbocycles. The summed E-state index contributed by atoms with van der Waals surface area (Å²) in [5.41, 5.74) is 17.3. The van der Waals surface area contributed by atoms with Gasteiger partial charge in [-0.25, -0.2) is 4.39 Å². The number of para-hydroxylation sites is 1. The highest BCUT2D eigenvalue weighted by atomic mass is 127. The van der Waals surface area contributed by atoms with Gasteiger partial charge in [0.1, 0.15) is 80.0 Å². The number of ether oxygens (including phenoxy) is 12. The van der Waals surface area contributed by atoms with Gasteiger partial charge in [0.05, 0.1) is 78.5 Å². The lowest BCUT2D eigenvalue weighted by Gasteiger charge is -2.16. The average molecular weight is 2200 g/mol. The molecule has 18 nitrogen and oxygen atoms in total. The van der Waals surface area contributed by atoms with Crippen LogP contribution in [-0.2, 0) is 68.1 Å². The minimum absolute atomic E-state index is 0.0180. The van der Waals surface area contributed by atoms with E-state index in [9.17, 15) is 4.39 Å². The summed E-state index contributed by atoms with van der Waals surface area (Å²) in [6.07, 6.45) is 0. The Balaban J connectivity index is 0.000000215. The number of aryl methyl sites for hydroxylation is 7. The molecule has 690 valence electrons. The normalized spacial score (nSPS) is 10.2. The van der Waals surface area contributed by atoms with E-state index in [-0.39, 0.29) is 23.6 Å². The second kappa shape index (κ2) is 56.7. The number of halogens is 10. The van der Waals surface area contributed by atoms with E-state index in [0.29, 0.717) is 128 Å². The molecule has 0 saturated heterocycles. The SMILES string of the molecule is COC(=S)Nc1cccc(Br)c1COc1ccc(C)cc1Cl.COC(=S)Nc1cccc(C)c1COc1ccc(C)cc1Cl.COC(=S)Nc1cccc(Cl)c1COc1ccc(C)cc1Cl.COC(=S)Nc1cccc(F)c1COc1ccc(C)cc1Cl.COC(=S)Nc1cccc(I)c1COc1ccc(C)cc1Cl.COC(=S)Nc1ccccc1COc1ccc(C)cc1Cl. The lowest BCUT2D eigenvalue weighted by molar-refractivity contribution is 0.300. The van der Waals surface area contributed by atoms with Gasteiger partial charge in [0, 0.05) is 74.9 Å². The van der Waals surface area contributed by atoms with E-state index in [4.69, 9.17) is 211 Å². The maximum absolute atomic E-state index is 14.0. The van der Waals surface area contributed by atoms with Crippen molar-refractivity contribution in [3.05, 3.63) is 346 Å². The van der Waals surface area contributed by atoms with Gasteiger partial charge in [-0.1, -0.05) is 188 Å². The van der Waals surface area contributed by atoms with Crippen LogP contribution in [0.4, 0.5) is 38.5 Å². The van der Waals surface area contributed by atoms with E-state index in [0.717, 1.165) is 103 Å². The Morgan fingerprint density at radius 2 is 0.542 bits per heavy atom. The van der Waals surface area contributed by atoms with Gasteiger partial charge in [0.25, 0.3) is 31.0 Å². The lowest BCUT2D eigenvalue weighted by Crippen LogP contribution is -2.14. The molecule has 0 spiro atoms. The quantitative estimate of drug-likeness (QED) is 0.0248. The molecule has 0 aliphatic rings. The molecule has 6 N–H and O–H groups in total. The first-order valence-electron chi connectivity index (χ1n) is 39.3. The summed E-state index contributed by atoms with van der Waals surface area (Å²) >= 11 is 79.2. The molecule has 0 bridgehead atoms. The van der Waals surface area contributed by atoms with Crippen molar-refractivity contribution in [3.8, 4) is 34.5 Å². The molecular weight excluding hydrogens is 2110 g/mol. The van der Waals surface area contributed by atoms with E-state index < -0.39 is 5.82 Å². The zero-order chi connectivity index (χ0) is 95.8. The van der Waals surface area contributed by atoms with Crippen LogP contribution in [0.25, 0.3) is 0 Å². The van der Waals surface area contributed by atoms with Crippen LogP contribution in [0.3, 0.4) is 0 Å². The van der Waals surface area contributed by atoms with Crippen LogP contribution in [0.15, 0.2) is 229 Å². The van der Waals surface area contributed by atoms with Crippen LogP contribution in [0, 0.1) is 57.9 Å². The van der Waals surface area contributed by atoms with E-state index in [1.54, 1.807) is 30.3 Å². The average Bonchev–Trinajstić information content (AvgIpc) is 0.849. The molecule has 0 aliphatic carbocycles. The van der Waals surface area contributed by atoms with Crippen molar-refractivity contribution >= 4 is 258 Å². The standard InChI is InChI=1S/C17H18ClNO2S.C16H15BrClNO2S.C16H15Cl2NO2S.C16H15ClFNO2S.C16H15ClINO2S.C16H16ClNO2S/c1-11-7-8-16(14(18)9-11)21-10-13-12(2)5-4-6-15(13)19-17(22)20-3;2*1-10-6-7-15(13(18)8-10)21-9-11-12(17)4-3-5-14(11)19-16(22)20-2;2*1-10-6-7-15(12(17)8-10)21-9-11-13(18)4-3-5-14(11)19-16(22)20-2;1-11-7-8-15(13(17)9-11)20-10-12-5-3-4-6-14(12)18-16(21)19-2/h4-9H,10H2,1-3H3,(H,19,22);4*3-8H,9H2,1-2H3,(H,19,22);3-9H,10H2,1-2H3,(H,18,21). The van der Waals surface area contributed by atoms with Crippen molar-refractivity contribution in [2.75, 3.05) is 74.6 Å². The molecule has 0 fully saturated rings. The second-order valence-corrected chi connectivity index (χ2v) is 34.9. The first kappa shape index (κ1) is 109. The van der Waals surface area contributed by atoms with E-state index in [2.05, 4.69) is 70.4 Å². The minimum Gasteiger partial charge on any atom is -0.487 e. The van der Waals surface area contributed by atoms with Gasteiger partial charge in [-0.15, -0.1) is 0 Å². The molecule has 0 aliphatic heterocycles. The number of anilines is 6. The van der Waals surface area contributed by atoms with Gasteiger partial charge in [0.2, 0.25) is 0 Å². The maximum atomic E-state index is 14.0. The molecule has 0 radical (unpaired) electrons. The minimum atomic E-state index is -0.396. The Hall–Kier alpha value is -9.25. The first-order valence-corrected chi connectivity index (χ1v) is 46.3. The smallest absolute Gasteiger partial charge is 0.260 e. The summed E-state index contributed by atoms with van der Waals surface area (Å²) in [6.45, 7) is 15.7. The van der Waals surface area contributed by atoms with Crippen LogP contribution in [-0.4, -0.2) is 73.7 Å². The molecule has 12 aromatic carbocycles. The summed E-state index contributed by atoms with van der Waals surface area (Å²) in [4.78, 5) is 0. The highest BCUT2D eigenvalue weighted by Gasteiger charge is 2.19. The predicted octanol–water partition coefficient (Wildman–Crippen LogP) is 29.9. The summed E-state index contributed by atoms with van der Waals surface area (Å²) in [6, 6.07) is 69.3. The Labute approximate surface area is 853 Å². The Kier molecular flexibility index (Phi) is 47.1. The van der Waals surface area contributed by atoms with Gasteiger partial charge in [-0.2, -0.15) is 0 Å². The third kappa shape index (κ3) is 36.6. The maximum Gasteiger partial charge on any atom is 0.260 e. The van der Waals surface area contributed by atoms with Gasteiger partial charge >= 0.3 is 0 Å². The summed E-state index contributed by atoms with van der Waals surface area (Å²) in [7, 11) is 9.06. The number of rotatable bonds is 24. The molecule has 0 heterocycles. The number of benzene rings is 12. The summed E-state index contributed by atoms with van der Waals surface area (Å²) < 4.78 is 80.5. The fraction of sp³-hybridized carbons (Fsp3) is 0.196. The summed E-state index contributed by atoms with van der Waals surface area (Å²) in [5, 5.41) is 23.6. The van der Waals surface area contributed by atoms with E-state index in [1.165, 1.54) is 48.7 Å². The van der Waals surface area contributed by atoms with E-state index in [1.807, 2.05) is 237 Å².